The second kappa shape index (κ2) is 10.1. The molecule has 0 N–H and O–H groups in total. The Hall–Kier alpha value is -2.53. The quantitative estimate of drug-likeness (QED) is 0.702. The van der Waals surface area contributed by atoms with Crippen LogP contribution in [0.1, 0.15) is 24.5 Å². The van der Waals surface area contributed by atoms with E-state index in [1.165, 1.54) is 5.56 Å². The average molecular weight is 383 g/mol. The molecule has 150 valence electrons. The maximum Gasteiger partial charge on any atom is 0.222 e. The fourth-order valence-electron chi connectivity index (χ4n) is 3.51. The summed E-state index contributed by atoms with van der Waals surface area (Å²) in [7, 11) is 1.66. The summed E-state index contributed by atoms with van der Waals surface area (Å²) in [5.41, 5.74) is 2.42. The SMILES string of the molecule is CCOc1ccc(CN2CCN(C(=O)CCc3cccc(OC)c3)CC2)cc1. The van der Waals surface area contributed by atoms with Crippen molar-refractivity contribution in [2.75, 3.05) is 39.9 Å². The van der Waals surface area contributed by atoms with Gasteiger partial charge in [0.05, 0.1) is 13.7 Å². The summed E-state index contributed by atoms with van der Waals surface area (Å²) >= 11 is 0. The van der Waals surface area contributed by atoms with E-state index in [1.54, 1.807) is 7.11 Å². The van der Waals surface area contributed by atoms with Crippen molar-refractivity contribution in [3.05, 3.63) is 59.7 Å². The molecular weight excluding hydrogens is 352 g/mol. The van der Waals surface area contributed by atoms with Crippen LogP contribution in [0.4, 0.5) is 0 Å². The van der Waals surface area contributed by atoms with Crippen LogP contribution < -0.4 is 9.47 Å². The van der Waals surface area contributed by atoms with Gasteiger partial charge in [-0.3, -0.25) is 9.69 Å². The molecule has 5 heteroatoms. The average Bonchev–Trinajstić information content (AvgIpc) is 2.74. The van der Waals surface area contributed by atoms with Crippen molar-refractivity contribution in [2.45, 2.75) is 26.3 Å². The summed E-state index contributed by atoms with van der Waals surface area (Å²) in [5, 5.41) is 0. The number of aryl methyl sites for hydroxylation is 1. The van der Waals surface area contributed by atoms with Gasteiger partial charge < -0.3 is 14.4 Å². The first kappa shape index (κ1) is 20.2. The van der Waals surface area contributed by atoms with E-state index in [0.29, 0.717) is 13.0 Å². The molecule has 0 aliphatic carbocycles. The zero-order valence-electron chi connectivity index (χ0n) is 16.9. The number of carbonyl (C=O) groups excluding carboxylic acids is 1. The van der Waals surface area contributed by atoms with Crippen molar-refractivity contribution in [3.63, 3.8) is 0 Å². The van der Waals surface area contributed by atoms with Crippen molar-refractivity contribution < 1.29 is 14.3 Å². The number of amides is 1. The molecule has 5 nitrogen and oxygen atoms in total. The van der Waals surface area contributed by atoms with Crippen molar-refractivity contribution in [1.82, 2.24) is 9.80 Å². The number of rotatable bonds is 8. The van der Waals surface area contributed by atoms with E-state index < -0.39 is 0 Å². The third-order valence-corrected chi connectivity index (χ3v) is 5.13. The second-order valence-corrected chi connectivity index (χ2v) is 7.09. The van der Waals surface area contributed by atoms with E-state index in [9.17, 15) is 4.79 Å². The van der Waals surface area contributed by atoms with Gasteiger partial charge in [0.15, 0.2) is 0 Å². The van der Waals surface area contributed by atoms with Crippen molar-refractivity contribution in [3.8, 4) is 11.5 Å². The molecule has 0 radical (unpaired) electrons. The van der Waals surface area contributed by atoms with Gasteiger partial charge in [0.2, 0.25) is 5.91 Å². The van der Waals surface area contributed by atoms with Crippen LogP contribution in [0.2, 0.25) is 0 Å². The van der Waals surface area contributed by atoms with Crippen molar-refractivity contribution >= 4 is 5.91 Å². The highest BCUT2D eigenvalue weighted by Crippen LogP contribution is 2.16. The van der Waals surface area contributed by atoms with Crippen LogP contribution in [-0.2, 0) is 17.8 Å². The Kier molecular flexibility index (Phi) is 7.31. The number of nitrogens with zero attached hydrogens (tertiary/aromatic N) is 2. The fraction of sp³-hybridized carbons (Fsp3) is 0.435. The third kappa shape index (κ3) is 5.73. The van der Waals surface area contributed by atoms with Gasteiger partial charge >= 0.3 is 0 Å². The third-order valence-electron chi connectivity index (χ3n) is 5.13. The number of methoxy groups -OCH3 is 1. The van der Waals surface area contributed by atoms with Gasteiger partial charge in [-0.25, -0.2) is 0 Å². The van der Waals surface area contributed by atoms with Gasteiger partial charge in [0, 0.05) is 39.1 Å². The minimum absolute atomic E-state index is 0.239. The normalized spacial score (nSPS) is 14.7. The van der Waals surface area contributed by atoms with E-state index >= 15 is 0 Å². The van der Waals surface area contributed by atoms with E-state index in [4.69, 9.17) is 9.47 Å². The van der Waals surface area contributed by atoms with Crippen LogP contribution in [0.3, 0.4) is 0 Å². The second-order valence-electron chi connectivity index (χ2n) is 7.09. The minimum Gasteiger partial charge on any atom is -0.497 e. The number of hydrogen-bond acceptors (Lipinski definition) is 4. The van der Waals surface area contributed by atoms with Crippen molar-refractivity contribution in [1.29, 1.82) is 0 Å². The van der Waals surface area contributed by atoms with Crippen LogP contribution in [0.5, 0.6) is 11.5 Å². The highest BCUT2D eigenvalue weighted by atomic mass is 16.5. The molecule has 2 aromatic rings. The predicted molar refractivity (Wildman–Crippen MR) is 111 cm³/mol. The van der Waals surface area contributed by atoms with Gasteiger partial charge in [0.1, 0.15) is 11.5 Å². The summed E-state index contributed by atoms with van der Waals surface area (Å²) in [4.78, 5) is 17.0. The predicted octanol–water partition coefficient (Wildman–Crippen LogP) is 3.37. The van der Waals surface area contributed by atoms with E-state index in [0.717, 1.165) is 56.2 Å². The lowest BCUT2D eigenvalue weighted by Crippen LogP contribution is -2.48. The maximum absolute atomic E-state index is 12.6. The first-order chi connectivity index (χ1) is 13.7. The molecular formula is C23H30N2O3. The van der Waals surface area contributed by atoms with Crippen LogP contribution in [0.25, 0.3) is 0 Å². The molecule has 0 saturated carbocycles. The van der Waals surface area contributed by atoms with Crippen LogP contribution in [0.15, 0.2) is 48.5 Å². The minimum atomic E-state index is 0.239. The monoisotopic (exact) mass is 382 g/mol. The Balaban J connectivity index is 1.42. The standard InChI is InChI=1S/C23H30N2O3/c1-3-28-21-10-7-20(8-11-21)18-24-13-15-25(16-14-24)23(26)12-9-19-5-4-6-22(17-19)27-2/h4-8,10-11,17H,3,9,12-16,18H2,1-2H3. The molecule has 0 atom stereocenters. The molecule has 1 amide bonds. The Labute approximate surface area is 167 Å². The lowest BCUT2D eigenvalue weighted by molar-refractivity contribution is -0.133. The summed E-state index contributed by atoms with van der Waals surface area (Å²) < 4.78 is 10.7. The van der Waals surface area contributed by atoms with Gasteiger partial charge in [-0.1, -0.05) is 24.3 Å². The fourth-order valence-corrected chi connectivity index (χ4v) is 3.51. The molecule has 0 bridgehead atoms. The summed E-state index contributed by atoms with van der Waals surface area (Å²) in [6, 6.07) is 16.2. The molecule has 1 aliphatic rings. The lowest BCUT2D eigenvalue weighted by Gasteiger charge is -2.35. The molecule has 3 rings (SSSR count). The number of piperazine rings is 1. The van der Waals surface area contributed by atoms with E-state index in [2.05, 4.69) is 17.0 Å². The summed E-state index contributed by atoms with van der Waals surface area (Å²) in [5.74, 6) is 1.99. The maximum atomic E-state index is 12.6. The zero-order chi connectivity index (χ0) is 19.8. The number of ether oxygens (including phenoxy) is 2. The number of carbonyl (C=O) groups is 1. The number of hydrogen-bond donors (Lipinski definition) is 0. The van der Waals surface area contributed by atoms with E-state index in [-0.39, 0.29) is 5.91 Å². The van der Waals surface area contributed by atoms with Crippen LogP contribution >= 0.6 is 0 Å². The molecule has 1 heterocycles. The summed E-state index contributed by atoms with van der Waals surface area (Å²) in [6.07, 6.45) is 1.30. The van der Waals surface area contributed by atoms with Crippen molar-refractivity contribution in [2.24, 2.45) is 0 Å². The lowest BCUT2D eigenvalue weighted by atomic mass is 10.1. The Morgan fingerprint density at radius 1 is 0.964 bits per heavy atom. The topological polar surface area (TPSA) is 42.0 Å². The van der Waals surface area contributed by atoms with Crippen LogP contribution in [-0.4, -0.2) is 55.6 Å². The number of benzene rings is 2. The molecule has 2 aromatic carbocycles. The highest BCUT2D eigenvalue weighted by Gasteiger charge is 2.20. The van der Waals surface area contributed by atoms with Gasteiger partial charge in [-0.05, 0) is 48.7 Å². The first-order valence-electron chi connectivity index (χ1n) is 10.0. The zero-order valence-corrected chi connectivity index (χ0v) is 16.9. The van der Waals surface area contributed by atoms with E-state index in [1.807, 2.05) is 48.2 Å². The Morgan fingerprint density at radius 3 is 2.39 bits per heavy atom. The van der Waals surface area contributed by atoms with Gasteiger partial charge in [-0.2, -0.15) is 0 Å². The molecule has 1 saturated heterocycles. The molecule has 28 heavy (non-hydrogen) atoms. The van der Waals surface area contributed by atoms with Gasteiger partial charge in [-0.15, -0.1) is 0 Å². The first-order valence-corrected chi connectivity index (χ1v) is 10.0. The molecule has 1 fully saturated rings. The molecule has 0 spiro atoms. The van der Waals surface area contributed by atoms with Crippen LogP contribution in [0, 0.1) is 0 Å². The molecule has 1 aliphatic heterocycles. The largest absolute Gasteiger partial charge is 0.497 e. The smallest absolute Gasteiger partial charge is 0.222 e. The molecule has 0 aromatic heterocycles. The Bertz CT molecular complexity index is 753. The Morgan fingerprint density at radius 2 is 1.71 bits per heavy atom. The van der Waals surface area contributed by atoms with Gasteiger partial charge in [0.25, 0.3) is 0 Å². The molecule has 0 unspecified atom stereocenters. The highest BCUT2D eigenvalue weighted by molar-refractivity contribution is 5.76. The summed E-state index contributed by atoms with van der Waals surface area (Å²) in [6.45, 7) is 7.02.